The van der Waals surface area contributed by atoms with Crippen LogP contribution in [0, 0.1) is 12.8 Å². The lowest BCUT2D eigenvalue weighted by Crippen LogP contribution is -2.39. The molecule has 2 heterocycles. The maximum Gasteiger partial charge on any atom is 0.150 e. The smallest absolute Gasteiger partial charge is 0.150 e. The molecule has 0 bridgehead atoms. The molecule has 108 valence electrons. The van der Waals surface area contributed by atoms with Gasteiger partial charge in [0.25, 0.3) is 0 Å². The molecule has 1 fully saturated rings. The zero-order valence-electron chi connectivity index (χ0n) is 11.6. The average Bonchev–Trinajstić information content (AvgIpc) is 2.90. The summed E-state index contributed by atoms with van der Waals surface area (Å²) in [4.78, 5) is 4.50. The molecule has 1 N–H and O–H groups in total. The number of hydrogen-bond donors (Lipinski definition) is 1. The number of aryl methyl sites for hydroxylation is 1. The maximum atomic E-state index is 11.6. The van der Waals surface area contributed by atoms with Crippen molar-refractivity contribution in [2.45, 2.75) is 39.2 Å². The molecular formula is C13H22N2O2S2. The summed E-state index contributed by atoms with van der Waals surface area (Å²) >= 11 is 1.66. The van der Waals surface area contributed by atoms with Crippen molar-refractivity contribution in [2.75, 3.05) is 18.1 Å². The van der Waals surface area contributed by atoms with Crippen LogP contribution in [0.15, 0.2) is 5.38 Å². The molecule has 0 amide bonds. The Kier molecular flexibility index (Phi) is 4.97. The molecule has 0 spiro atoms. The van der Waals surface area contributed by atoms with Crippen molar-refractivity contribution >= 4 is 21.2 Å². The maximum absolute atomic E-state index is 11.6. The van der Waals surface area contributed by atoms with Crippen LogP contribution in [0.1, 0.15) is 30.5 Å². The Hall–Kier alpha value is -0.460. The van der Waals surface area contributed by atoms with Crippen molar-refractivity contribution in [1.29, 1.82) is 0 Å². The lowest BCUT2D eigenvalue weighted by molar-refractivity contribution is 0.377. The number of rotatable bonds is 6. The molecule has 1 aromatic heterocycles. The summed E-state index contributed by atoms with van der Waals surface area (Å²) in [5.41, 5.74) is 1.08. The van der Waals surface area contributed by atoms with Gasteiger partial charge in [-0.25, -0.2) is 13.4 Å². The second-order valence-corrected chi connectivity index (χ2v) is 8.58. The molecule has 4 nitrogen and oxygen atoms in total. The molecule has 0 aliphatic carbocycles. The van der Waals surface area contributed by atoms with E-state index in [0.29, 0.717) is 11.5 Å². The van der Waals surface area contributed by atoms with Gasteiger partial charge in [0.05, 0.1) is 22.2 Å². The predicted molar refractivity (Wildman–Crippen MR) is 79.4 cm³/mol. The lowest BCUT2D eigenvalue weighted by atomic mass is 9.95. The van der Waals surface area contributed by atoms with Gasteiger partial charge in [0.15, 0.2) is 9.84 Å². The zero-order chi connectivity index (χ0) is 13.9. The molecule has 2 unspecified atom stereocenters. The topological polar surface area (TPSA) is 59.1 Å². The fraction of sp³-hybridized carbons (Fsp3) is 0.769. The van der Waals surface area contributed by atoms with E-state index in [2.05, 4.69) is 22.6 Å². The number of aromatic nitrogens is 1. The third-order valence-corrected chi connectivity index (χ3v) is 6.20. The molecule has 0 saturated carbocycles. The standard InChI is InChI=1S/C13H22N2O2S2/c1-3-5-14-13(7-12-8-18-10(2)15-12)11-4-6-19(16,17)9-11/h8,11,13-14H,3-7,9H2,1-2H3. The van der Waals surface area contributed by atoms with Crippen molar-refractivity contribution in [2.24, 2.45) is 5.92 Å². The van der Waals surface area contributed by atoms with Crippen molar-refractivity contribution in [1.82, 2.24) is 10.3 Å². The fourth-order valence-electron chi connectivity index (χ4n) is 2.60. The van der Waals surface area contributed by atoms with Gasteiger partial charge in [-0.3, -0.25) is 0 Å². The number of thiazole rings is 1. The summed E-state index contributed by atoms with van der Waals surface area (Å²) < 4.78 is 23.3. The van der Waals surface area contributed by atoms with Crippen LogP contribution in [0.3, 0.4) is 0 Å². The third kappa shape index (κ3) is 4.26. The highest BCUT2D eigenvalue weighted by atomic mass is 32.2. The van der Waals surface area contributed by atoms with E-state index in [9.17, 15) is 8.42 Å². The minimum atomic E-state index is -2.81. The lowest BCUT2D eigenvalue weighted by Gasteiger charge is -2.23. The Bertz CT molecular complexity index is 510. The highest BCUT2D eigenvalue weighted by molar-refractivity contribution is 7.91. The van der Waals surface area contributed by atoms with Gasteiger partial charge in [0.1, 0.15) is 0 Å². The van der Waals surface area contributed by atoms with Crippen molar-refractivity contribution < 1.29 is 8.42 Å². The van der Waals surface area contributed by atoms with Gasteiger partial charge in [-0.1, -0.05) is 6.92 Å². The van der Waals surface area contributed by atoms with E-state index in [4.69, 9.17) is 0 Å². The summed E-state index contributed by atoms with van der Waals surface area (Å²) in [6.45, 7) is 5.06. The number of hydrogen-bond acceptors (Lipinski definition) is 5. The van der Waals surface area contributed by atoms with E-state index >= 15 is 0 Å². The molecule has 1 saturated heterocycles. The number of nitrogens with zero attached hydrogens (tertiary/aromatic N) is 1. The summed E-state index contributed by atoms with van der Waals surface area (Å²) in [6.07, 6.45) is 2.68. The molecule has 19 heavy (non-hydrogen) atoms. The van der Waals surface area contributed by atoms with Crippen molar-refractivity contribution in [3.05, 3.63) is 16.1 Å². The van der Waals surface area contributed by atoms with E-state index in [-0.39, 0.29) is 12.0 Å². The number of sulfone groups is 1. The average molecular weight is 302 g/mol. The molecule has 2 rings (SSSR count). The molecule has 0 radical (unpaired) electrons. The first kappa shape index (κ1) is 14.9. The van der Waals surface area contributed by atoms with E-state index in [1.807, 2.05) is 6.92 Å². The van der Waals surface area contributed by atoms with Crippen LogP contribution in [0.5, 0.6) is 0 Å². The van der Waals surface area contributed by atoms with Crippen LogP contribution in [0.25, 0.3) is 0 Å². The Morgan fingerprint density at radius 2 is 2.37 bits per heavy atom. The fourth-order valence-corrected chi connectivity index (χ4v) is 5.11. The summed E-state index contributed by atoms with van der Waals surface area (Å²) in [6, 6.07) is 0.235. The van der Waals surface area contributed by atoms with E-state index < -0.39 is 9.84 Å². The second-order valence-electron chi connectivity index (χ2n) is 5.29. The SMILES string of the molecule is CCCNC(Cc1csc(C)n1)C1CCS(=O)(=O)C1. The van der Waals surface area contributed by atoms with Gasteiger partial charge < -0.3 is 5.32 Å². The van der Waals surface area contributed by atoms with Crippen LogP contribution in [-0.4, -0.2) is 37.5 Å². The first-order valence-corrected chi connectivity index (χ1v) is 9.55. The normalized spacial score (nSPS) is 23.6. The molecule has 6 heteroatoms. The molecule has 0 aromatic carbocycles. The van der Waals surface area contributed by atoms with Gasteiger partial charge in [-0.2, -0.15) is 0 Å². The third-order valence-electron chi connectivity index (χ3n) is 3.59. The monoisotopic (exact) mass is 302 g/mol. The molecule has 2 atom stereocenters. The first-order valence-electron chi connectivity index (χ1n) is 6.85. The Morgan fingerprint density at radius 1 is 1.58 bits per heavy atom. The van der Waals surface area contributed by atoms with Gasteiger partial charge in [0, 0.05) is 17.8 Å². The minimum absolute atomic E-state index is 0.235. The van der Waals surface area contributed by atoms with Gasteiger partial charge in [-0.15, -0.1) is 11.3 Å². The summed E-state index contributed by atoms with van der Waals surface area (Å²) in [5.74, 6) is 0.911. The first-order chi connectivity index (χ1) is 9.00. The zero-order valence-corrected chi connectivity index (χ0v) is 13.2. The van der Waals surface area contributed by atoms with Crippen LogP contribution in [0.4, 0.5) is 0 Å². The van der Waals surface area contributed by atoms with Crippen molar-refractivity contribution in [3.8, 4) is 0 Å². The molecule has 1 aliphatic rings. The predicted octanol–water partition coefficient (Wildman–Crippen LogP) is 1.80. The number of nitrogens with one attached hydrogen (secondary N) is 1. The molecule has 1 aliphatic heterocycles. The van der Waals surface area contributed by atoms with Gasteiger partial charge in [-0.05, 0) is 32.2 Å². The van der Waals surface area contributed by atoms with E-state index in [1.165, 1.54) is 0 Å². The van der Waals surface area contributed by atoms with Gasteiger partial charge >= 0.3 is 0 Å². The van der Waals surface area contributed by atoms with E-state index in [1.54, 1.807) is 11.3 Å². The quantitative estimate of drug-likeness (QED) is 0.870. The van der Waals surface area contributed by atoms with Gasteiger partial charge in [0.2, 0.25) is 0 Å². The Balaban J connectivity index is 2.03. The summed E-state index contributed by atoms with van der Waals surface area (Å²) in [7, 11) is -2.81. The van der Waals surface area contributed by atoms with Crippen molar-refractivity contribution in [3.63, 3.8) is 0 Å². The van der Waals surface area contributed by atoms with Crippen LogP contribution < -0.4 is 5.32 Å². The highest BCUT2D eigenvalue weighted by Crippen LogP contribution is 2.24. The van der Waals surface area contributed by atoms with E-state index in [0.717, 1.165) is 36.5 Å². The second kappa shape index (κ2) is 6.33. The van der Waals surface area contributed by atoms with Crippen LogP contribution in [-0.2, 0) is 16.3 Å². The molecular weight excluding hydrogens is 280 g/mol. The molecule has 1 aromatic rings. The van der Waals surface area contributed by atoms with Crippen LogP contribution in [0.2, 0.25) is 0 Å². The Morgan fingerprint density at radius 3 is 2.89 bits per heavy atom. The van der Waals surface area contributed by atoms with Crippen LogP contribution >= 0.6 is 11.3 Å². The summed E-state index contributed by atoms with van der Waals surface area (Å²) in [5, 5.41) is 6.66. The Labute approximate surface area is 119 Å². The minimum Gasteiger partial charge on any atom is -0.313 e. The largest absolute Gasteiger partial charge is 0.313 e. The highest BCUT2D eigenvalue weighted by Gasteiger charge is 2.33.